The minimum absolute atomic E-state index is 0.0632. The second-order valence-electron chi connectivity index (χ2n) is 5.80. The number of nitrogens with zero attached hydrogens (tertiary/aromatic N) is 3. The van der Waals surface area contributed by atoms with Gasteiger partial charge in [0.1, 0.15) is 5.54 Å². The predicted molar refractivity (Wildman–Crippen MR) is 79.8 cm³/mol. The van der Waals surface area contributed by atoms with Crippen LogP contribution < -0.4 is 0 Å². The summed E-state index contributed by atoms with van der Waals surface area (Å²) in [6.45, 7) is 7.56. The Kier molecular flexibility index (Phi) is 5.00. The van der Waals surface area contributed by atoms with E-state index in [2.05, 4.69) is 11.5 Å². The van der Waals surface area contributed by atoms with Gasteiger partial charge in [-0.2, -0.15) is 0 Å². The van der Waals surface area contributed by atoms with Gasteiger partial charge in [-0.25, -0.2) is 0 Å². The van der Waals surface area contributed by atoms with Crippen LogP contribution in [0.3, 0.4) is 0 Å². The van der Waals surface area contributed by atoms with Crippen LogP contribution in [-0.4, -0.2) is 85.5 Å². The van der Waals surface area contributed by atoms with Crippen molar-refractivity contribution in [3.05, 3.63) is 12.7 Å². The zero-order valence-electron chi connectivity index (χ0n) is 13.0. The van der Waals surface area contributed by atoms with Crippen molar-refractivity contribution in [2.24, 2.45) is 0 Å². The minimum Gasteiger partial charge on any atom is -0.384 e. The third kappa shape index (κ3) is 2.96. The molecule has 0 saturated carbocycles. The molecule has 21 heavy (non-hydrogen) atoms. The van der Waals surface area contributed by atoms with Crippen LogP contribution in [-0.2, 0) is 14.3 Å². The standard InChI is InChI=1S/C15H25N3O3/c1-4-7-18-10-9-16(2)14(20)15(18)6-8-17(12-15)13(19)5-11-21-3/h4H,1,5-12H2,2-3H3. The normalized spacial score (nSPS) is 26.7. The van der Waals surface area contributed by atoms with Gasteiger partial charge in [0, 0.05) is 46.9 Å². The highest BCUT2D eigenvalue weighted by atomic mass is 16.5. The first kappa shape index (κ1) is 16.0. The van der Waals surface area contributed by atoms with Crippen LogP contribution >= 0.6 is 0 Å². The summed E-state index contributed by atoms with van der Waals surface area (Å²) in [5.41, 5.74) is -0.566. The van der Waals surface area contributed by atoms with Crippen molar-refractivity contribution in [1.82, 2.24) is 14.7 Å². The van der Waals surface area contributed by atoms with Gasteiger partial charge in [0.15, 0.2) is 0 Å². The Labute approximate surface area is 126 Å². The molecule has 2 amide bonds. The summed E-state index contributed by atoms with van der Waals surface area (Å²) in [7, 11) is 3.43. The number of likely N-dealkylation sites (tertiary alicyclic amines) is 1. The van der Waals surface area contributed by atoms with Crippen LogP contribution in [0.2, 0.25) is 0 Å². The number of amides is 2. The lowest BCUT2D eigenvalue weighted by atomic mass is 9.91. The molecule has 2 fully saturated rings. The van der Waals surface area contributed by atoms with Crippen LogP contribution in [0.1, 0.15) is 12.8 Å². The molecule has 1 unspecified atom stereocenters. The fourth-order valence-corrected chi connectivity index (χ4v) is 3.29. The number of ether oxygens (including phenoxy) is 1. The van der Waals surface area contributed by atoms with Crippen molar-refractivity contribution in [2.75, 3.05) is 53.5 Å². The Morgan fingerprint density at radius 1 is 1.43 bits per heavy atom. The molecule has 0 aliphatic carbocycles. The summed E-state index contributed by atoms with van der Waals surface area (Å²) in [5.74, 6) is 0.186. The van der Waals surface area contributed by atoms with E-state index in [1.165, 1.54) is 0 Å². The molecule has 2 aliphatic heterocycles. The van der Waals surface area contributed by atoms with Crippen molar-refractivity contribution in [3.63, 3.8) is 0 Å². The molecule has 6 heteroatoms. The molecule has 0 bridgehead atoms. The lowest BCUT2D eigenvalue weighted by Gasteiger charge is -2.46. The smallest absolute Gasteiger partial charge is 0.244 e. The lowest BCUT2D eigenvalue weighted by molar-refractivity contribution is -0.148. The van der Waals surface area contributed by atoms with Gasteiger partial charge in [-0.1, -0.05) is 6.08 Å². The molecule has 0 aromatic rings. The SMILES string of the molecule is C=CCN1CCN(C)C(=O)C12CCN(C(=O)CCOC)C2. The Morgan fingerprint density at radius 3 is 2.86 bits per heavy atom. The Hall–Kier alpha value is -1.40. The Morgan fingerprint density at radius 2 is 2.19 bits per heavy atom. The molecule has 0 aromatic carbocycles. The number of methoxy groups -OCH3 is 1. The first-order valence-corrected chi connectivity index (χ1v) is 7.43. The molecule has 1 spiro atoms. The Bertz CT molecular complexity index is 426. The lowest BCUT2D eigenvalue weighted by Crippen LogP contribution is -2.66. The van der Waals surface area contributed by atoms with E-state index in [1.54, 1.807) is 16.9 Å². The summed E-state index contributed by atoms with van der Waals surface area (Å²) in [4.78, 5) is 30.6. The van der Waals surface area contributed by atoms with Gasteiger partial charge in [0.25, 0.3) is 0 Å². The Balaban J connectivity index is 2.13. The van der Waals surface area contributed by atoms with Gasteiger partial charge in [-0.15, -0.1) is 6.58 Å². The van der Waals surface area contributed by atoms with Crippen molar-refractivity contribution in [1.29, 1.82) is 0 Å². The van der Waals surface area contributed by atoms with Gasteiger partial charge >= 0.3 is 0 Å². The topological polar surface area (TPSA) is 53.1 Å². The third-order valence-electron chi connectivity index (χ3n) is 4.53. The molecule has 118 valence electrons. The number of hydrogen-bond donors (Lipinski definition) is 0. The molecular weight excluding hydrogens is 270 g/mol. The van der Waals surface area contributed by atoms with Crippen LogP contribution in [0.25, 0.3) is 0 Å². The van der Waals surface area contributed by atoms with E-state index in [0.717, 1.165) is 13.1 Å². The molecule has 0 radical (unpaired) electrons. The number of rotatable bonds is 5. The average Bonchev–Trinajstić information content (AvgIpc) is 2.92. The highest BCUT2D eigenvalue weighted by molar-refractivity contribution is 5.89. The van der Waals surface area contributed by atoms with Crippen molar-refractivity contribution < 1.29 is 14.3 Å². The van der Waals surface area contributed by atoms with Gasteiger partial charge in [0.05, 0.1) is 13.0 Å². The number of hydrogen-bond acceptors (Lipinski definition) is 4. The highest BCUT2D eigenvalue weighted by Crippen LogP contribution is 2.32. The molecule has 6 nitrogen and oxygen atoms in total. The number of piperazine rings is 1. The first-order valence-electron chi connectivity index (χ1n) is 7.43. The van der Waals surface area contributed by atoms with Gasteiger partial charge < -0.3 is 14.5 Å². The second kappa shape index (κ2) is 6.58. The summed E-state index contributed by atoms with van der Waals surface area (Å²) in [6, 6.07) is 0. The van der Waals surface area contributed by atoms with Crippen molar-refractivity contribution >= 4 is 11.8 Å². The maximum atomic E-state index is 12.7. The zero-order valence-corrected chi connectivity index (χ0v) is 13.0. The van der Waals surface area contributed by atoms with E-state index >= 15 is 0 Å². The summed E-state index contributed by atoms with van der Waals surface area (Å²) in [5, 5.41) is 0. The first-order chi connectivity index (χ1) is 10.0. The van der Waals surface area contributed by atoms with Crippen molar-refractivity contribution in [2.45, 2.75) is 18.4 Å². The average molecular weight is 295 g/mol. The van der Waals surface area contributed by atoms with Crippen molar-refractivity contribution in [3.8, 4) is 0 Å². The van der Waals surface area contributed by atoms with Gasteiger partial charge in [-0.05, 0) is 6.42 Å². The molecule has 2 rings (SSSR count). The highest BCUT2D eigenvalue weighted by Gasteiger charge is 2.52. The summed E-state index contributed by atoms with van der Waals surface area (Å²) >= 11 is 0. The third-order valence-corrected chi connectivity index (χ3v) is 4.53. The molecular formula is C15H25N3O3. The number of carbonyl (C=O) groups is 2. The van der Waals surface area contributed by atoms with Gasteiger partial charge in [-0.3, -0.25) is 14.5 Å². The predicted octanol–water partition coefficient (Wildman–Crippen LogP) is -0.0460. The molecule has 0 N–H and O–H groups in total. The second-order valence-corrected chi connectivity index (χ2v) is 5.80. The molecule has 1 atom stereocenters. The van der Waals surface area contributed by atoms with Crippen LogP contribution in [0.5, 0.6) is 0 Å². The number of carbonyl (C=O) groups excluding carboxylic acids is 2. The fourth-order valence-electron chi connectivity index (χ4n) is 3.29. The van der Waals surface area contributed by atoms with Crippen LogP contribution in [0, 0.1) is 0 Å². The van der Waals surface area contributed by atoms with E-state index in [-0.39, 0.29) is 11.8 Å². The van der Waals surface area contributed by atoms with Gasteiger partial charge in [0.2, 0.25) is 11.8 Å². The van der Waals surface area contributed by atoms with Crippen LogP contribution in [0.4, 0.5) is 0 Å². The fraction of sp³-hybridized carbons (Fsp3) is 0.733. The number of likely N-dealkylation sites (N-methyl/N-ethyl adjacent to an activating group) is 1. The van der Waals surface area contributed by atoms with Crippen LogP contribution in [0.15, 0.2) is 12.7 Å². The summed E-state index contributed by atoms with van der Waals surface area (Å²) in [6.07, 6.45) is 2.90. The maximum absolute atomic E-state index is 12.7. The monoisotopic (exact) mass is 295 g/mol. The van der Waals surface area contributed by atoms with E-state index in [1.807, 2.05) is 13.1 Å². The molecule has 2 heterocycles. The molecule has 2 aliphatic rings. The zero-order chi connectivity index (χ0) is 15.5. The quantitative estimate of drug-likeness (QED) is 0.668. The maximum Gasteiger partial charge on any atom is 0.244 e. The minimum atomic E-state index is -0.566. The molecule has 0 aromatic heterocycles. The van der Waals surface area contributed by atoms with E-state index < -0.39 is 5.54 Å². The van der Waals surface area contributed by atoms with E-state index in [4.69, 9.17) is 4.74 Å². The molecule has 2 saturated heterocycles. The van der Waals surface area contributed by atoms with E-state index in [9.17, 15) is 9.59 Å². The largest absolute Gasteiger partial charge is 0.384 e. The van der Waals surface area contributed by atoms with E-state index in [0.29, 0.717) is 39.1 Å². The summed E-state index contributed by atoms with van der Waals surface area (Å²) < 4.78 is 4.96.